The summed E-state index contributed by atoms with van der Waals surface area (Å²) in [4.78, 5) is 21.4. The monoisotopic (exact) mass is 185 g/mol. The first-order valence-electron chi connectivity index (χ1n) is 4.01. The van der Waals surface area contributed by atoms with E-state index in [9.17, 15) is 9.59 Å². The molecule has 0 spiro atoms. The molecule has 0 rings (SSSR count). The highest BCUT2D eigenvalue weighted by Gasteiger charge is 2.22. The van der Waals surface area contributed by atoms with Crippen molar-refractivity contribution < 1.29 is 14.7 Å². The highest BCUT2D eigenvalue weighted by molar-refractivity contribution is 5.79. The van der Waals surface area contributed by atoms with Gasteiger partial charge in [0.2, 0.25) is 5.91 Å². The summed E-state index contributed by atoms with van der Waals surface area (Å²) in [7, 11) is 0. The molecule has 0 heterocycles. The minimum absolute atomic E-state index is 0.0874. The molecule has 0 aliphatic heterocycles. The lowest BCUT2D eigenvalue weighted by Crippen LogP contribution is -2.44. The largest absolute Gasteiger partial charge is 0.481 e. The van der Waals surface area contributed by atoms with E-state index >= 15 is 0 Å². The van der Waals surface area contributed by atoms with Crippen LogP contribution in [0, 0.1) is 0 Å². The molecule has 13 heavy (non-hydrogen) atoms. The van der Waals surface area contributed by atoms with Crippen LogP contribution >= 0.6 is 0 Å². The Morgan fingerprint density at radius 3 is 2.46 bits per heavy atom. The van der Waals surface area contributed by atoms with Gasteiger partial charge in [-0.3, -0.25) is 9.59 Å². The van der Waals surface area contributed by atoms with E-state index in [4.69, 9.17) is 5.11 Å². The molecule has 0 radical (unpaired) electrons. The average Bonchev–Trinajstić information content (AvgIpc) is 1.81. The van der Waals surface area contributed by atoms with Gasteiger partial charge in [0.15, 0.2) is 0 Å². The molecular weight excluding hydrogens is 170 g/mol. The van der Waals surface area contributed by atoms with Crippen molar-refractivity contribution in [2.75, 3.05) is 0 Å². The van der Waals surface area contributed by atoms with E-state index in [1.54, 1.807) is 13.8 Å². The summed E-state index contributed by atoms with van der Waals surface area (Å²) in [6, 6.07) is 0. The number of amides is 1. The molecule has 1 amide bonds. The number of carbonyl (C=O) groups excluding carboxylic acids is 1. The lowest BCUT2D eigenvalue weighted by Gasteiger charge is -2.23. The van der Waals surface area contributed by atoms with Crippen LogP contribution in [0.5, 0.6) is 0 Å². The summed E-state index contributed by atoms with van der Waals surface area (Å²) in [5.74, 6) is -1.13. The molecule has 74 valence electrons. The maximum atomic E-state index is 11.1. The number of hydrogen-bond donors (Lipinski definition) is 2. The molecular formula is C9H15NO3. The molecule has 4 heteroatoms. The van der Waals surface area contributed by atoms with E-state index in [1.807, 2.05) is 0 Å². The van der Waals surface area contributed by atoms with E-state index in [-0.39, 0.29) is 18.7 Å². The van der Waals surface area contributed by atoms with Crippen molar-refractivity contribution in [3.05, 3.63) is 12.7 Å². The Hall–Kier alpha value is -1.32. The molecule has 0 aromatic heterocycles. The molecule has 0 unspecified atom stereocenters. The summed E-state index contributed by atoms with van der Waals surface area (Å²) in [6.07, 6.45) is 1.60. The minimum Gasteiger partial charge on any atom is -0.481 e. The number of rotatable bonds is 5. The first-order valence-corrected chi connectivity index (χ1v) is 4.01. The maximum Gasteiger partial charge on any atom is 0.305 e. The minimum atomic E-state index is -0.927. The van der Waals surface area contributed by atoms with Crippen LogP contribution < -0.4 is 5.32 Å². The molecule has 0 fully saturated rings. The number of carbonyl (C=O) groups is 2. The molecule has 0 bridgehead atoms. The number of nitrogens with one attached hydrogen (secondary N) is 1. The van der Waals surface area contributed by atoms with Crippen LogP contribution in [0.2, 0.25) is 0 Å². The van der Waals surface area contributed by atoms with Crippen molar-refractivity contribution in [1.29, 1.82) is 0 Å². The molecule has 0 aromatic carbocycles. The summed E-state index contributed by atoms with van der Waals surface area (Å²) in [6.45, 7) is 6.75. The molecule has 0 aromatic rings. The fraction of sp³-hybridized carbons (Fsp3) is 0.556. The highest BCUT2D eigenvalue weighted by Crippen LogP contribution is 2.08. The Balaban J connectivity index is 4.07. The van der Waals surface area contributed by atoms with Gasteiger partial charge in [-0.25, -0.2) is 0 Å². The molecule has 0 atom stereocenters. The lowest BCUT2D eigenvalue weighted by atomic mass is 10.0. The Bertz CT molecular complexity index is 221. The van der Waals surface area contributed by atoms with Crippen molar-refractivity contribution in [1.82, 2.24) is 5.32 Å². The van der Waals surface area contributed by atoms with Gasteiger partial charge in [0.1, 0.15) is 0 Å². The third-order valence-corrected chi connectivity index (χ3v) is 1.40. The van der Waals surface area contributed by atoms with Crippen LogP contribution in [0.25, 0.3) is 0 Å². The van der Waals surface area contributed by atoms with Crippen LogP contribution in [0.1, 0.15) is 26.7 Å². The molecule has 2 N–H and O–H groups in total. The molecule has 4 nitrogen and oxygen atoms in total. The number of carboxylic acids is 1. The van der Waals surface area contributed by atoms with Gasteiger partial charge in [-0.2, -0.15) is 0 Å². The van der Waals surface area contributed by atoms with Crippen LogP contribution in [0.4, 0.5) is 0 Å². The predicted molar refractivity (Wildman–Crippen MR) is 49.3 cm³/mol. The van der Waals surface area contributed by atoms with Gasteiger partial charge in [0.25, 0.3) is 0 Å². The maximum absolute atomic E-state index is 11.1. The van der Waals surface area contributed by atoms with Gasteiger partial charge in [-0.05, 0) is 13.8 Å². The van der Waals surface area contributed by atoms with Crippen molar-refractivity contribution in [3.8, 4) is 0 Å². The normalized spacial score (nSPS) is 10.6. The lowest BCUT2D eigenvalue weighted by molar-refractivity contribution is -0.138. The molecule has 0 saturated heterocycles. The van der Waals surface area contributed by atoms with Gasteiger partial charge < -0.3 is 10.4 Å². The van der Waals surface area contributed by atoms with Gasteiger partial charge >= 0.3 is 5.97 Å². The summed E-state index contributed by atoms with van der Waals surface area (Å²) < 4.78 is 0. The summed E-state index contributed by atoms with van der Waals surface area (Å²) in [5.41, 5.74) is -0.702. The number of hydrogen-bond acceptors (Lipinski definition) is 2. The van der Waals surface area contributed by atoms with E-state index in [0.29, 0.717) is 0 Å². The summed E-state index contributed by atoms with van der Waals surface area (Å²) >= 11 is 0. The van der Waals surface area contributed by atoms with Crippen molar-refractivity contribution in [3.63, 3.8) is 0 Å². The van der Waals surface area contributed by atoms with E-state index in [2.05, 4.69) is 11.9 Å². The van der Waals surface area contributed by atoms with Gasteiger partial charge in [0.05, 0.1) is 6.42 Å². The second-order valence-corrected chi connectivity index (χ2v) is 3.50. The predicted octanol–water partition coefficient (Wildman–Crippen LogP) is 0.932. The highest BCUT2D eigenvalue weighted by atomic mass is 16.4. The topological polar surface area (TPSA) is 66.4 Å². The second kappa shape index (κ2) is 4.64. The van der Waals surface area contributed by atoms with Gasteiger partial charge in [-0.1, -0.05) is 6.08 Å². The fourth-order valence-corrected chi connectivity index (χ4v) is 0.982. The van der Waals surface area contributed by atoms with Crippen LogP contribution in [0.15, 0.2) is 12.7 Å². The zero-order chi connectivity index (χ0) is 10.5. The molecule has 0 aliphatic carbocycles. The second-order valence-electron chi connectivity index (χ2n) is 3.50. The Labute approximate surface area is 77.6 Å². The quantitative estimate of drug-likeness (QED) is 0.626. The first-order chi connectivity index (χ1) is 5.87. The smallest absolute Gasteiger partial charge is 0.305 e. The first kappa shape index (κ1) is 11.7. The van der Waals surface area contributed by atoms with Crippen molar-refractivity contribution >= 4 is 11.9 Å². The third kappa shape index (κ3) is 5.90. The SMILES string of the molecule is C=CCC(=O)NC(C)(C)CC(=O)O. The zero-order valence-electron chi connectivity index (χ0n) is 7.96. The number of aliphatic carboxylic acids is 1. The Morgan fingerprint density at radius 1 is 1.54 bits per heavy atom. The van der Waals surface area contributed by atoms with E-state index < -0.39 is 11.5 Å². The fourth-order valence-electron chi connectivity index (χ4n) is 0.982. The molecule has 0 saturated carbocycles. The summed E-state index contributed by atoms with van der Waals surface area (Å²) in [5, 5.41) is 11.1. The van der Waals surface area contributed by atoms with Crippen molar-refractivity contribution in [2.45, 2.75) is 32.2 Å². The van der Waals surface area contributed by atoms with E-state index in [0.717, 1.165) is 0 Å². The van der Waals surface area contributed by atoms with Crippen LogP contribution in [-0.4, -0.2) is 22.5 Å². The number of carboxylic acid groups (broad SMARTS) is 1. The average molecular weight is 185 g/mol. The van der Waals surface area contributed by atoms with E-state index in [1.165, 1.54) is 6.08 Å². The standard InChI is InChI=1S/C9H15NO3/c1-4-5-7(11)10-9(2,3)6-8(12)13/h4H,1,5-6H2,2-3H3,(H,10,11)(H,12,13). The molecule has 0 aliphatic rings. The van der Waals surface area contributed by atoms with Crippen LogP contribution in [0.3, 0.4) is 0 Å². The van der Waals surface area contributed by atoms with Gasteiger partial charge in [0, 0.05) is 12.0 Å². The van der Waals surface area contributed by atoms with Crippen LogP contribution in [-0.2, 0) is 9.59 Å². The van der Waals surface area contributed by atoms with Gasteiger partial charge in [-0.15, -0.1) is 6.58 Å². The zero-order valence-corrected chi connectivity index (χ0v) is 7.96. The Morgan fingerprint density at radius 2 is 2.08 bits per heavy atom. The Kier molecular flexibility index (Phi) is 4.17. The van der Waals surface area contributed by atoms with Crippen molar-refractivity contribution in [2.24, 2.45) is 0 Å². The third-order valence-electron chi connectivity index (χ3n) is 1.40.